The van der Waals surface area contributed by atoms with Crippen molar-refractivity contribution in [1.29, 1.82) is 0 Å². The molecule has 0 aliphatic heterocycles. The van der Waals surface area contributed by atoms with Crippen molar-refractivity contribution in [3.8, 4) is 0 Å². The third kappa shape index (κ3) is 3.59. The Morgan fingerprint density at radius 1 is 1.71 bits per heavy atom. The first-order valence-corrected chi connectivity index (χ1v) is 4.76. The van der Waals surface area contributed by atoms with Crippen molar-refractivity contribution in [1.82, 2.24) is 5.32 Å². The Hall–Kier alpha value is -0.243. The molecule has 2 heteroatoms. The van der Waals surface area contributed by atoms with E-state index >= 15 is 0 Å². The highest BCUT2D eigenvalue weighted by Gasteiger charge is 1.77. The zero-order valence-corrected chi connectivity index (χ0v) is 6.70. The van der Waals surface area contributed by atoms with E-state index in [4.69, 9.17) is 0 Å². The lowest BCUT2D eigenvalue weighted by Crippen LogP contribution is -1.96. The molecule has 0 saturated heterocycles. The minimum absolute atomic E-state index is 0.126. The Kier molecular flexibility index (Phi) is 3.79. The van der Waals surface area contributed by atoms with E-state index in [1.807, 2.05) is 7.05 Å². The van der Waals surface area contributed by atoms with Crippen LogP contribution in [0, 0.1) is 0 Å². The molecule has 0 aliphatic carbocycles. The largest absolute Gasteiger partial charge is 0.394 e. The van der Waals surface area contributed by atoms with Gasteiger partial charge >= 0.3 is 0 Å². The van der Waals surface area contributed by atoms with Gasteiger partial charge in [0, 0.05) is 16.6 Å². The average Bonchev–Trinajstić information content (AvgIpc) is 1.68. The van der Waals surface area contributed by atoms with E-state index in [-0.39, 0.29) is 9.52 Å². The molecule has 0 unspecified atom stereocenters. The van der Waals surface area contributed by atoms with Crippen molar-refractivity contribution in [2.75, 3.05) is 7.05 Å². The number of hydrogen-bond acceptors (Lipinski definition) is 1. The Morgan fingerprint density at radius 2 is 2.29 bits per heavy atom. The molecule has 0 aliphatic rings. The number of allylic oxidation sites excluding steroid dienone is 1. The third-order valence-electron chi connectivity index (χ3n) is 0.948. The minimum atomic E-state index is 0.126. The van der Waals surface area contributed by atoms with Crippen LogP contribution in [0.4, 0.5) is 0 Å². The molecular weight excluding hydrogens is 102 g/mol. The first-order chi connectivity index (χ1) is 3.31. The van der Waals surface area contributed by atoms with Gasteiger partial charge in [-0.05, 0) is 13.1 Å². The fourth-order valence-corrected chi connectivity index (χ4v) is 0.757. The van der Waals surface area contributed by atoms with E-state index in [1.54, 1.807) is 0 Å². The predicted octanol–water partition coefficient (Wildman–Crippen LogP) is 0.284. The van der Waals surface area contributed by atoms with Crippen LogP contribution in [0.25, 0.3) is 0 Å². The number of rotatable bonds is 2. The van der Waals surface area contributed by atoms with E-state index in [0.29, 0.717) is 0 Å². The second-order valence-corrected chi connectivity index (χ2v) is 3.46. The summed E-state index contributed by atoms with van der Waals surface area (Å²) in [5.41, 5.74) is 0. The first-order valence-electron chi connectivity index (χ1n) is 2.64. The maximum absolute atomic E-state index is 2.99. The van der Waals surface area contributed by atoms with Gasteiger partial charge in [0.25, 0.3) is 0 Å². The van der Waals surface area contributed by atoms with Gasteiger partial charge in [0.1, 0.15) is 0 Å². The zero-order valence-electron chi connectivity index (χ0n) is 5.28. The lowest BCUT2D eigenvalue weighted by atomic mass is 10.7. The molecule has 42 valence electrons. The summed E-state index contributed by atoms with van der Waals surface area (Å²) in [6.45, 7) is 4.45. The Bertz CT molecular complexity index is 68.5. The second kappa shape index (κ2) is 3.93. The van der Waals surface area contributed by atoms with Crippen LogP contribution in [0.2, 0.25) is 6.55 Å². The van der Waals surface area contributed by atoms with Gasteiger partial charge in [-0.25, -0.2) is 0 Å². The van der Waals surface area contributed by atoms with E-state index < -0.39 is 0 Å². The molecule has 1 N–H and O–H groups in total. The van der Waals surface area contributed by atoms with Crippen LogP contribution in [-0.2, 0) is 0 Å². The summed E-state index contributed by atoms with van der Waals surface area (Å²) in [6, 6.07) is 0. The van der Waals surface area contributed by atoms with Crippen LogP contribution >= 0.6 is 0 Å². The number of hydrogen-bond donors (Lipinski definition) is 1. The molecule has 0 aromatic heterocycles. The molecule has 0 rings (SSSR count). The summed E-state index contributed by atoms with van der Waals surface area (Å²) >= 11 is 0. The summed E-state index contributed by atoms with van der Waals surface area (Å²) < 4.78 is 0. The van der Waals surface area contributed by atoms with Gasteiger partial charge in [-0.15, -0.1) is 0 Å². The van der Waals surface area contributed by atoms with E-state index in [0.717, 1.165) is 0 Å². The monoisotopic (exact) mass is 115 g/mol. The average molecular weight is 115 g/mol. The molecule has 7 heavy (non-hydrogen) atoms. The standard InChI is InChI=1S/C5H13NSi/c1-5(7-3)4-6-2/h4,6H,7H2,1-3H3/b5-4+. The Morgan fingerprint density at radius 3 is 2.43 bits per heavy atom. The maximum Gasteiger partial charge on any atom is 0.0480 e. The van der Waals surface area contributed by atoms with Crippen LogP contribution in [-0.4, -0.2) is 16.6 Å². The lowest BCUT2D eigenvalue weighted by molar-refractivity contribution is 1.09. The second-order valence-electron chi connectivity index (χ2n) is 1.63. The van der Waals surface area contributed by atoms with Crippen molar-refractivity contribution >= 4 is 9.52 Å². The maximum atomic E-state index is 2.99. The summed E-state index contributed by atoms with van der Waals surface area (Å²) in [4.78, 5) is 0. The lowest BCUT2D eigenvalue weighted by Gasteiger charge is -1.90. The topological polar surface area (TPSA) is 12.0 Å². The van der Waals surface area contributed by atoms with Gasteiger partial charge < -0.3 is 5.32 Å². The van der Waals surface area contributed by atoms with Crippen LogP contribution in [0.5, 0.6) is 0 Å². The summed E-state index contributed by atoms with van der Waals surface area (Å²) in [5, 5.41) is 4.52. The van der Waals surface area contributed by atoms with E-state index in [1.165, 1.54) is 5.20 Å². The molecule has 0 saturated carbocycles. The molecule has 0 spiro atoms. The molecule has 0 atom stereocenters. The van der Waals surface area contributed by atoms with Gasteiger partial charge in [0.2, 0.25) is 0 Å². The van der Waals surface area contributed by atoms with Crippen molar-refractivity contribution in [3.05, 3.63) is 11.4 Å². The summed E-state index contributed by atoms with van der Waals surface area (Å²) in [6.07, 6.45) is 2.08. The smallest absolute Gasteiger partial charge is 0.0480 e. The minimum Gasteiger partial charge on any atom is -0.394 e. The summed E-state index contributed by atoms with van der Waals surface area (Å²) in [7, 11) is 2.06. The van der Waals surface area contributed by atoms with Crippen molar-refractivity contribution in [2.24, 2.45) is 0 Å². The fourth-order valence-electron chi connectivity index (χ4n) is 0.348. The van der Waals surface area contributed by atoms with Gasteiger partial charge in [-0.1, -0.05) is 11.7 Å². The normalized spacial score (nSPS) is 13.3. The zero-order chi connectivity index (χ0) is 5.70. The molecular formula is C5H13NSi. The summed E-state index contributed by atoms with van der Waals surface area (Å²) in [5.74, 6) is 0. The highest BCUT2D eigenvalue weighted by atomic mass is 28.2. The number of nitrogens with one attached hydrogen (secondary N) is 1. The Balaban J connectivity index is 3.29. The van der Waals surface area contributed by atoms with Crippen molar-refractivity contribution in [3.63, 3.8) is 0 Å². The van der Waals surface area contributed by atoms with E-state index in [9.17, 15) is 0 Å². The molecule has 0 aromatic carbocycles. The van der Waals surface area contributed by atoms with Crippen molar-refractivity contribution in [2.45, 2.75) is 13.5 Å². The molecule has 0 bridgehead atoms. The third-order valence-corrected chi connectivity index (χ3v) is 2.27. The van der Waals surface area contributed by atoms with Gasteiger partial charge in [0.05, 0.1) is 0 Å². The van der Waals surface area contributed by atoms with Gasteiger partial charge in [0.15, 0.2) is 0 Å². The molecule has 0 fully saturated rings. The van der Waals surface area contributed by atoms with Crippen molar-refractivity contribution < 1.29 is 0 Å². The van der Waals surface area contributed by atoms with E-state index in [2.05, 4.69) is 25.0 Å². The van der Waals surface area contributed by atoms with Gasteiger partial charge in [-0.2, -0.15) is 0 Å². The quantitative estimate of drug-likeness (QED) is 0.510. The van der Waals surface area contributed by atoms with Gasteiger partial charge in [-0.3, -0.25) is 0 Å². The fraction of sp³-hybridized carbons (Fsp3) is 0.600. The molecule has 0 amide bonds. The Labute approximate surface area is 47.6 Å². The molecule has 0 heterocycles. The van der Waals surface area contributed by atoms with Crippen LogP contribution in [0.1, 0.15) is 6.92 Å². The molecule has 1 nitrogen and oxygen atoms in total. The van der Waals surface area contributed by atoms with Crippen LogP contribution in [0.3, 0.4) is 0 Å². The molecule has 0 aromatic rings. The van der Waals surface area contributed by atoms with Crippen LogP contribution in [0.15, 0.2) is 11.4 Å². The molecule has 0 radical (unpaired) electrons. The van der Waals surface area contributed by atoms with Crippen LogP contribution < -0.4 is 5.32 Å². The highest BCUT2D eigenvalue weighted by molar-refractivity contribution is 6.43. The first kappa shape index (κ1) is 6.76. The SMILES string of the molecule is CN/C=C(\C)[SiH2]C. The highest BCUT2D eigenvalue weighted by Crippen LogP contribution is 1.82. The predicted molar refractivity (Wildman–Crippen MR) is 37.2 cm³/mol.